The number of ether oxygens (including phenoxy) is 1. The predicted octanol–water partition coefficient (Wildman–Crippen LogP) is 0.764. The average Bonchev–Trinajstić information content (AvgIpc) is 3.14. The smallest absolute Gasteiger partial charge is 0.224 e. The van der Waals surface area contributed by atoms with Gasteiger partial charge in [-0.3, -0.25) is 9.69 Å². The van der Waals surface area contributed by atoms with E-state index in [4.69, 9.17) is 9.26 Å². The Morgan fingerprint density at radius 3 is 2.86 bits per heavy atom. The normalized spacial score (nSPS) is 23.7. The first-order valence-corrected chi connectivity index (χ1v) is 7.64. The van der Waals surface area contributed by atoms with Crippen LogP contribution in [0.3, 0.4) is 0 Å². The van der Waals surface area contributed by atoms with Gasteiger partial charge in [0.25, 0.3) is 0 Å². The van der Waals surface area contributed by atoms with E-state index in [1.807, 2.05) is 4.90 Å². The number of morpholine rings is 1. The van der Waals surface area contributed by atoms with Crippen molar-refractivity contribution in [2.75, 3.05) is 39.4 Å². The van der Waals surface area contributed by atoms with E-state index < -0.39 is 0 Å². The summed E-state index contributed by atoms with van der Waals surface area (Å²) in [5.41, 5.74) is 0. The zero-order valence-corrected chi connectivity index (χ0v) is 12.5. The number of hydrogen-bond donors (Lipinski definition) is 0. The molecule has 3 rings (SSSR count). The van der Waals surface area contributed by atoms with Crippen LogP contribution in [0.4, 0.5) is 0 Å². The van der Waals surface area contributed by atoms with Gasteiger partial charge in [0.2, 0.25) is 11.8 Å². The molecular weight excluding hydrogens is 272 g/mol. The molecule has 7 heteroatoms. The summed E-state index contributed by atoms with van der Waals surface area (Å²) in [5.74, 6) is 1.57. The lowest BCUT2D eigenvalue weighted by Gasteiger charge is -2.28. The van der Waals surface area contributed by atoms with E-state index in [-0.39, 0.29) is 11.9 Å². The zero-order valence-electron chi connectivity index (χ0n) is 12.5. The minimum Gasteiger partial charge on any atom is -0.378 e. The second kappa shape index (κ2) is 6.53. The minimum atomic E-state index is 0.194. The van der Waals surface area contributed by atoms with Gasteiger partial charge in [0, 0.05) is 33.0 Å². The van der Waals surface area contributed by atoms with Crippen LogP contribution in [0.15, 0.2) is 4.52 Å². The van der Waals surface area contributed by atoms with Crippen LogP contribution in [0.1, 0.15) is 37.0 Å². The molecule has 1 amide bonds. The Labute approximate surface area is 124 Å². The molecule has 0 spiro atoms. The number of nitrogens with zero attached hydrogens (tertiary/aromatic N) is 4. The Morgan fingerprint density at radius 1 is 1.33 bits per heavy atom. The molecule has 2 aliphatic rings. The molecule has 1 atom stereocenters. The average molecular weight is 294 g/mol. The third-order valence-corrected chi connectivity index (χ3v) is 4.18. The first-order valence-electron chi connectivity index (χ1n) is 7.64. The molecule has 1 aromatic rings. The third kappa shape index (κ3) is 3.41. The number of hydrogen-bond acceptors (Lipinski definition) is 6. The van der Waals surface area contributed by atoms with Gasteiger partial charge in [0.15, 0.2) is 5.82 Å². The number of likely N-dealkylation sites (tertiary alicyclic amines) is 1. The highest BCUT2D eigenvalue weighted by Gasteiger charge is 2.30. The van der Waals surface area contributed by atoms with E-state index in [2.05, 4.69) is 15.0 Å². The lowest BCUT2D eigenvalue weighted by molar-refractivity contribution is -0.135. The monoisotopic (exact) mass is 294 g/mol. The van der Waals surface area contributed by atoms with Gasteiger partial charge in [-0.25, -0.2) is 0 Å². The van der Waals surface area contributed by atoms with Crippen molar-refractivity contribution in [1.29, 1.82) is 0 Å². The summed E-state index contributed by atoms with van der Waals surface area (Å²) in [6, 6.07) is 0.194. The van der Waals surface area contributed by atoms with E-state index in [9.17, 15) is 4.79 Å². The third-order valence-electron chi connectivity index (χ3n) is 4.18. The molecule has 7 nitrogen and oxygen atoms in total. The Balaban J connectivity index is 1.53. The number of rotatable bonds is 4. The van der Waals surface area contributed by atoms with Crippen LogP contribution in [0.25, 0.3) is 0 Å². The second-order valence-electron chi connectivity index (χ2n) is 5.61. The zero-order chi connectivity index (χ0) is 14.7. The van der Waals surface area contributed by atoms with Crippen molar-refractivity contribution in [2.24, 2.45) is 0 Å². The lowest BCUT2D eigenvalue weighted by atomic mass is 10.2. The van der Waals surface area contributed by atoms with Gasteiger partial charge in [0.1, 0.15) is 0 Å². The largest absolute Gasteiger partial charge is 0.378 e. The van der Waals surface area contributed by atoms with Gasteiger partial charge >= 0.3 is 0 Å². The molecular formula is C14H22N4O3. The molecule has 2 fully saturated rings. The van der Waals surface area contributed by atoms with Gasteiger partial charge in [-0.15, -0.1) is 0 Å². The molecule has 0 aliphatic carbocycles. The molecule has 0 unspecified atom stereocenters. The van der Waals surface area contributed by atoms with Crippen molar-refractivity contribution in [3.63, 3.8) is 0 Å². The molecule has 0 aromatic carbocycles. The van der Waals surface area contributed by atoms with Crippen molar-refractivity contribution in [1.82, 2.24) is 19.9 Å². The topological polar surface area (TPSA) is 71.7 Å². The summed E-state index contributed by atoms with van der Waals surface area (Å²) in [7, 11) is 0. The second-order valence-corrected chi connectivity index (χ2v) is 5.61. The van der Waals surface area contributed by atoms with E-state index in [0.29, 0.717) is 38.6 Å². The molecule has 0 radical (unpaired) electrons. The summed E-state index contributed by atoms with van der Waals surface area (Å²) >= 11 is 0. The maximum absolute atomic E-state index is 12.2. The van der Waals surface area contributed by atoms with Crippen molar-refractivity contribution in [2.45, 2.75) is 32.2 Å². The molecule has 0 saturated carbocycles. The van der Waals surface area contributed by atoms with E-state index >= 15 is 0 Å². The fourth-order valence-electron chi connectivity index (χ4n) is 3.05. The molecule has 21 heavy (non-hydrogen) atoms. The number of aromatic nitrogens is 2. The fraction of sp³-hybridized carbons (Fsp3) is 0.786. The van der Waals surface area contributed by atoms with E-state index in [0.717, 1.165) is 31.8 Å². The summed E-state index contributed by atoms with van der Waals surface area (Å²) in [6.45, 7) is 6.29. The molecule has 116 valence electrons. The first-order chi connectivity index (χ1) is 10.2. The van der Waals surface area contributed by atoms with Gasteiger partial charge in [-0.05, 0) is 19.4 Å². The number of carbonyl (C=O) groups is 1. The van der Waals surface area contributed by atoms with Crippen LogP contribution < -0.4 is 0 Å². The van der Waals surface area contributed by atoms with Crippen molar-refractivity contribution < 1.29 is 14.1 Å². The Morgan fingerprint density at radius 2 is 2.14 bits per heavy atom. The van der Waals surface area contributed by atoms with Crippen LogP contribution in [0.5, 0.6) is 0 Å². The Hall–Kier alpha value is -1.47. The lowest BCUT2D eigenvalue weighted by Crippen LogP contribution is -2.42. The standard InChI is InChI=1S/C14H22N4O3/c1-11-15-14(16-21-11)12-3-2-5-17(12)6-4-13(19)18-7-9-20-10-8-18/h12H,2-10H2,1H3/t12-/m1/s1. The van der Waals surface area contributed by atoms with Crippen LogP contribution in [-0.4, -0.2) is 65.2 Å². The number of carbonyl (C=O) groups excluding carboxylic acids is 1. The first kappa shape index (κ1) is 14.5. The molecule has 1 aromatic heterocycles. The summed E-state index contributed by atoms with van der Waals surface area (Å²) in [4.78, 5) is 20.7. The fourth-order valence-corrected chi connectivity index (χ4v) is 3.05. The Bertz CT molecular complexity index is 484. The highest BCUT2D eigenvalue weighted by molar-refractivity contribution is 5.76. The SMILES string of the molecule is Cc1nc([C@H]2CCCN2CCC(=O)N2CCOCC2)no1. The number of aryl methyl sites for hydroxylation is 1. The molecule has 0 N–H and O–H groups in total. The highest BCUT2D eigenvalue weighted by atomic mass is 16.5. The molecule has 2 saturated heterocycles. The van der Waals surface area contributed by atoms with E-state index in [1.54, 1.807) is 6.92 Å². The van der Waals surface area contributed by atoms with Crippen LogP contribution in [0, 0.1) is 6.92 Å². The van der Waals surface area contributed by atoms with Gasteiger partial charge < -0.3 is 14.2 Å². The highest BCUT2D eigenvalue weighted by Crippen LogP contribution is 2.30. The summed E-state index contributed by atoms with van der Waals surface area (Å²) in [6.07, 6.45) is 2.70. The van der Waals surface area contributed by atoms with Crippen LogP contribution in [-0.2, 0) is 9.53 Å². The predicted molar refractivity (Wildman–Crippen MR) is 74.6 cm³/mol. The molecule has 2 aliphatic heterocycles. The molecule has 3 heterocycles. The van der Waals surface area contributed by atoms with Crippen LogP contribution in [0.2, 0.25) is 0 Å². The maximum atomic E-state index is 12.2. The van der Waals surface area contributed by atoms with Crippen LogP contribution >= 0.6 is 0 Å². The number of amides is 1. The summed E-state index contributed by atoms with van der Waals surface area (Å²) in [5, 5.41) is 4.03. The van der Waals surface area contributed by atoms with Crippen molar-refractivity contribution in [3.05, 3.63) is 11.7 Å². The minimum absolute atomic E-state index is 0.194. The van der Waals surface area contributed by atoms with Gasteiger partial charge in [-0.1, -0.05) is 5.16 Å². The van der Waals surface area contributed by atoms with E-state index in [1.165, 1.54) is 0 Å². The van der Waals surface area contributed by atoms with Gasteiger partial charge in [-0.2, -0.15) is 4.98 Å². The molecule has 0 bridgehead atoms. The quantitative estimate of drug-likeness (QED) is 0.816. The Kier molecular flexibility index (Phi) is 4.50. The van der Waals surface area contributed by atoms with Crippen molar-refractivity contribution >= 4 is 5.91 Å². The van der Waals surface area contributed by atoms with Crippen molar-refractivity contribution in [3.8, 4) is 0 Å². The van der Waals surface area contributed by atoms with Gasteiger partial charge in [0.05, 0.1) is 19.3 Å². The summed E-state index contributed by atoms with van der Waals surface area (Å²) < 4.78 is 10.3. The maximum Gasteiger partial charge on any atom is 0.224 e.